The van der Waals surface area contributed by atoms with Crippen molar-refractivity contribution in [2.45, 2.75) is 39.8 Å². The number of nitrogens with zero attached hydrogens (tertiary/aromatic N) is 1. The molecule has 0 radical (unpaired) electrons. The van der Waals surface area contributed by atoms with Crippen molar-refractivity contribution >= 4 is 45.9 Å². The first-order valence-corrected chi connectivity index (χ1v) is 7.54. The van der Waals surface area contributed by atoms with E-state index in [2.05, 4.69) is 59.3 Å². The minimum atomic E-state index is -0.0254. The number of rotatable bonds is 4. The van der Waals surface area contributed by atoms with Crippen LogP contribution in [0.4, 0.5) is 0 Å². The molecule has 0 fully saturated rings. The van der Waals surface area contributed by atoms with E-state index in [9.17, 15) is 0 Å². The van der Waals surface area contributed by atoms with Gasteiger partial charge in [0.1, 0.15) is 5.75 Å². The predicted octanol–water partition coefficient (Wildman–Crippen LogP) is 3.93. The molecule has 0 aliphatic rings. The van der Waals surface area contributed by atoms with E-state index in [0.717, 1.165) is 28.3 Å². The van der Waals surface area contributed by atoms with Crippen LogP contribution in [0.3, 0.4) is 0 Å². The van der Waals surface area contributed by atoms with Crippen molar-refractivity contribution < 1.29 is 4.74 Å². The topological polar surface area (TPSA) is 45.7 Å². The standard InChI is InChI=1S/C15H24BrN3O.HI/c1-6-17-14(19-15(2,3)4)18-10-11-9-12(16)7-8-13(11)20-5;/h7-9H,6,10H2,1-5H3,(H2,17,18,19);1H. The van der Waals surface area contributed by atoms with Gasteiger partial charge in [-0.1, -0.05) is 15.9 Å². The van der Waals surface area contributed by atoms with Crippen molar-refractivity contribution in [3.8, 4) is 5.75 Å². The second-order valence-corrected chi connectivity index (χ2v) is 6.44. The van der Waals surface area contributed by atoms with Gasteiger partial charge in [0, 0.05) is 22.1 Å². The molecule has 0 bridgehead atoms. The Morgan fingerprint density at radius 2 is 2.00 bits per heavy atom. The number of ether oxygens (including phenoxy) is 1. The Morgan fingerprint density at radius 3 is 2.52 bits per heavy atom. The summed E-state index contributed by atoms with van der Waals surface area (Å²) in [5, 5.41) is 6.61. The van der Waals surface area contributed by atoms with Crippen molar-refractivity contribution in [3.63, 3.8) is 0 Å². The molecule has 0 atom stereocenters. The maximum atomic E-state index is 5.36. The number of guanidine groups is 1. The lowest BCUT2D eigenvalue weighted by molar-refractivity contribution is 0.409. The molecule has 21 heavy (non-hydrogen) atoms. The summed E-state index contributed by atoms with van der Waals surface area (Å²) in [6, 6.07) is 5.94. The van der Waals surface area contributed by atoms with Crippen molar-refractivity contribution in [1.29, 1.82) is 0 Å². The van der Waals surface area contributed by atoms with E-state index in [1.807, 2.05) is 18.2 Å². The summed E-state index contributed by atoms with van der Waals surface area (Å²) < 4.78 is 6.39. The molecule has 0 aliphatic carbocycles. The molecule has 1 rings (SSSR count). The summed E-state index contributed by atoms with van der Waals surface area (Å²) >= 11 is 3.48. The smallest absolute Gasteiger partial charge is 0.191 e. The van der Waals surface area contributed by atoms with Crippen LogP contribution in [0, 0.1) is 0 Å². The largest absolute Gasteiger partial charge is 0.496 e. The van der Waals surface area contributed by atoms with Crippen LogP contribution < -0.4 is 15.4 Å². The molecular weight excluding hydrogens is 445 g/mol. The lowest BCUT2D eigenvalue weighted by Crippen LogP contribution is -2.47. The molecule has 1 aromatic carbocycles. The van der Waals surface area contributed by atoms with Crippen LogP contribution in [0.15, 0.2) is 27.7 Å². The predicted molar refractivity (Wildman–Crippen MR) is 104 cm³/mol. The van der Waals surface area contributed by atoms with E-state index >= 15 is 0 Å². The monoisotopic (exact) mass is 469 g/mol. The first-order chi connectivity index (χ1) is 9.35. The van der Waals surface area contributed by atoms with E-state index in [1.165, 1.54) is 0 Å². The first-order valence-electron chi connectivity index (χ1n) is 6.74. The van der Waals surface area contributed by atoms with E-state index < -0.39 is 0 Å². The third-order valence-corrected chi connectivity index (χ3v) is 2.98. The number of hydrogen-bond donors (Lipinski definition) is 2. The molecule has 0 amide bonds. The Hall–Kier alpha value is -0.500. The molecule has 0 saturated carbocycles. The summed E-state index contributed by atoms with van der Waals surface area (Å²) in [5.74, 6) is 1.66. The van der Waals surface area contributed by atoms with Gasteiger partial charge < -0.3 is 15.4 Å². The van der Waals surface area contributed by atoms with E-state index in [0.29, 0.717) is 6.54 Å². The van der Waals surface area contributed by atoms with Gasteiger partial charge in [0.05, 0.1) is 13.7 Å². The molecule has 0 saturated heterocycles. The van der Waals surface area contributed by atoms with Gasteiger partial charge in [0.15, 0.2) is 5.96 Å². The zero-order chi connectivity index (χ0) is 15.2. The SMILES string of the molecule is CCNC(=NCc1cc(Br)ccc1OC)NC(C)(C)C.I. The summed E-state index contributed by atoms with van der Waals surface area (Å²) in [6.45, 7) is 9.78. The van der Waals surface area contributed by atoms with Crippen LogP contribution in [0.25, 0.3) is 0 Å². The Balaban J connectivity index is 0.00000400. The lowest BCUT2D eigenvalue weighted by Gasteiger charge is -2.23. The second kappa shape index (κ2) is 9.50. The van der Waals surface area contributed by atoms with Gasteiger partial charge in [0.25, 0.3) is 0 Å². The Bertz CT molecular complexity index is 472. The molecule has 0 spiro atoms. The van der Waals surface area contributed by atoms with Crippen LogP contribution in [0.1, 0.15) is 33.3 Å². The zero-order valence-corrected chi connectivity index (χ0v) is 17.2. The summed E-state index contributed by atoms with van der Waals surface area (Å²) in [6.07, 6.45) is 0. The van der Waals surface area contributed by atoms with Gasteiger partial charge in [-0.15, -0.1) is 24.0 Å². The van der Waals surface area contributed by atoms with E-state index in [4.69, 9.17) is 4.74 Å². The van der Waals surface area contributed by atoms with Crippen LogP contribution >= 0.6 is 39.9 Å². The highest BCUT2D eigenvalue weighted by molar-refractivity contribution is 14.0. The molecule has 1 aromatic rings. The molecule has 0 heterocycles. The van der Waals surface area contributed by atoms with Crippen molar-refractivity contribution in [2.75, 3.05) is 13.7 Å². The van der Waals surface area contributed by atoms with Gasteiger partial charge >= 0.3 is 0 Å². The summed E-state index contributed by atoms with van der Waals surface area (Å²) in [5.41, 5.74) is 1.02. The fraction of sp³-hybridized carbons (Fsp3) is 0.533. The van der Waals surface area contributed by atoms with Gasteiger partial charge in [0.2, 0.25) is 0 Å². The maximum Gasteiger partial charge on any atom is 0.191 e. The highest BCUT2D eigenvalue weighted by Gasteiger charge is 2.12. The number of benzene rings is 1. The zero-order valence-electron chi connectivity index (χ0n) is 13.3. The first kappa shape index (κ1) is 20.5. The van der Waals surface area contributed by atoms with Crippen LogP contribution in [0.5, 0.6) is 5.75 Å². The van der Waals surface area contributed by atoms with Gasteiger partial charge in [-0.3, -0.25) is 0 Å². The van der Waals surface area contributed by atoms with Crippen LogP contribution in [0.2, 0.25) is 0 Å². The van der Waals surface area contributed by atoms with Gasteiger partial charge in [-0.25, -0.2) is 4.99 Å². The number of nitrogens with one attached hydrogen (secondary N) is 2. The minimum absolute atomic E-state index is 0. The molecule has 0 aromatic heterocycles. The Kier molecular flexibility index (Phi) is 9.28. The lowest BCUT2D eigenvalue weighted by atomic mass is 10.1. The summed E-state index contributed by atoms with van der Waals surface area (Å²) in [4.78, 5) is 4.61. The van der Waals surface area contributed by atoms with Gasteiger partial charge in [-0.05, 0) is 45.9 Å². The highest BCUT2D eigenvalue weighted by Crippen LogP contribution is 2.23. The van der Waals surface area contributed by atoms with Crippen molar-refractivity contribution in [1.82, 2.24) is 10.6 Å². The quantitative estimate of drug-likeness (QED) is 0.399. The fourth-order valence-electron chi connectivity index (χ4n) is 1.70. The summed E-state index contributed by atoms with van der Waals surface area (Å²) in [7, 11) is 1.68. The third kappa shape index (κ3) is 7.90. The Labute approximate surface area is 153 Å². The second-order valence-electron chi connectivity index (χ2n) is 5.53. The van der Waals surface area contributed by atoms with Crippen molar-refractivity contribution in [3.05, 3.63) is 28.2 Å². The average Bonchev–Trinajstić information content (AvgIpc) is 2.34. The highest BCUT2D eigenvalue weighted by atomic mass is 127. The minimum Gasteiger partial charge on any atom is -0.496 e. The molecule has 2 N–H and O–H groups in total. The number of hydrogen-bond acceptors (Lipinski definition) is 2. The Morgan fingerprint density at radius 1 is 1.33 bits per heavy atom. The molecule has 0 unspecified atom stereocenters. The van der Waals surface area contributed by atoms with Gasteiger partial charge in [-0.2, -0.15) is 0 Å². The molecular formula is C15H25BrIN3O. The molecule has 120 valence electrons. The van der Waals surface area contributed by atoms with E-state index in [-0.39, 0.29) is 29.5 Å². The van der Waals surface area contributed by atoms with Crippen molar-refractivity contribution in [2.24, 2.45) is 4.99 Å². The molecule has 0 aliphatic heterocycles. The normalized spacial score (nSPS) is 11.6. The molecule has 4 nitrogen and oxygen atoms in total. The maximum absolute atomic E-state index is 5.36. The average molecular weight is 470 g/mol. The fourth-order valence-corrected chi connectivity index (χ4v) is 2.11. The third-order valence-electron chi connectivity index (χ3n) is 2.49. The number of aliphatic imine (C=N–C) groups is 1. The van der Waals surface area contributed by atoms with Crippen LogP contribution in [-0.2, 0) is 6.54 Å². The van der Waals surface area contributed by atoms with E-state index in [1.54, 1.807) is 7.11 Å². The molecule has 6 heteroatoms. The van der Waals surface area contributed by atoms with Crippen LogP contribution in [-0.4, -0.2) is 25.2 Å². The number of halogens is 2. The number of methoxy groups -OCH3 is 1.